The molecule has 0 fully saturated rings. The minimum absolute atomic E-state index is 0.210. The minimum Gasteiger partial charge on any atom is -0.496 e. The fraction of sp³-hybridized carbons (Fsp3) is 0.231. The maximum atomic E-state index is 13.4. The van der Waals surface area contributed by atoms with Crippen LogP contribution in [-0.2, 0) is 0 Å². The van der Waals surface area contributed by atoms with E-state index in [0.29, 0.717) is 29.0 Å². The normalized spacial score (nSPS) is 12.9. The number of aliphatic hydroxyl groups excluding tert-OH is 1. The number of fused-ring (bicyclic) bond motifs is 3. The van der Waals surface area contributed by atoms with Gasteiger partial charge in [-0.05, 0) is 48.7 Å². The zero-order chi connectivity index (χ0) is 24.9. The average Bonchev–Trinajstić information content (AvgIpc) is 3.32. The fourth-order valence-electron chi connectivity index (χ4n) is 4.54. The largest absolute Gasteiger partial charge is 0.496 e. The molecule has 8 nitrogen and oxygen atoms in total. The Kier molecular flexibility index (Phi) is 5.56. The van der Waals surface area contributed by atoms with Crippen molar-refractivity contribution in [2.45, 2.75) is 26.8 Å². The van der Waals surface area contributed by atoms with Gasteiger partial charge in [-0.15, -0.1) is 0 Å². The minimum atomic E-state index is -0.500. The topological polar surface area (TPSA) is 96.3 Å². The van der Waals surface area contributed by atoms with Crippen LogP contribution in [0.3, 0.4) is 0 Å². The molecule has 0 amide bonds. The molecule has 0 saturated heterocycles. The highest BCUT2D eigenvalue weighted by atomic mass is 19.1. The van der Waals surface area contributed by atoms with E-state index in [-0.39, 0.29) is 12.4 Å². The Bertz CT molecular complexity index is 1440. The maximum Gasteiger partial charge on any atom is 0.341 e. The molecular formula is C26H25FN5O3+. The van der Waals surface area contributed by atoms with Gasteiger partial charge in [0.05, 0.1) is 37.7 Å². The lowest BCUT2D eigenvalue weighted by Crippen LogP contribution is -2.17. The average molecular weight is 475 g/mol. The van der Waals surface area contributed by atoms with Crippen molar-refractivity contribution in [2.24, 2.45) is 0 Å². The molecule has 0 aliphatic carbocycles. The van der Waals surface area contributed by atoms with Crippen LogP contribution in [0.5, 0.6) is 5.75 Å². The molecular weight excluding hydrogens is 449 g/mol. The second kappa shape index (κ2) is 8.59. The van der Waals surface area contributed by atoms with Crippen molar-refractivity contribution in [3.63, 3.8) is 0 Å². The fourth-order valence-corrected chi connectivity index (χ4v) is 4.54. The highest BCUT2D eigenvalue weighted by molar-refractivity contribution is 6.00. The summed E-state index contributed by atoms with van der Waals surface area (Å²) in [4.78, 5) is 9.28. The van der Waals surface area contributed by atoms with Gasteiger partial charge in [-0.2, -0.15) is 4.98 Å². The molecule has 1 unspecified atom stereocenters. The van der Waals surface area contributed by atoms with Gasteiger partial charge in [0, 0.05) is 18.1 Å². The maximum absolute atomic E-state index is 13.4. The van der Waals surface area contributed by atoms with Crippen LogP contribution in [0.15, 0.2) is 40.9 Å². The molecule has 0 bridgehead atoms. The Morgan fingerprint density at radius 2 is 1.86 bits per heavy atom. The van der Waals surface area contributed by atoms with Crippen LogP contribution < -0.4 is 14.6 Å². The van der Waals surface area contributed by atoms with Gasteiger partial charge in [0.2, 0.25) is 5.82 Å². The molecule has 1 aliphatic heterocycles. The van der Waals surface area contributed by atoms with E-state index < -0.39 is 6.04 Å². The lowest BCUT2D eigenvalue weighted by Gasteiger charge is -2.18. The van der Waals surface area contributed by atoms with Gasteiger partial charge in [0.15, 0.2) is 0 Å². The molecule has 2 aromatic carbocycles. The summed E-state index contributed by atoms with van der Waals surface area (Å²) in [5, 5.41) is 17.5. The van der Waals surface area contributed by atoms with Gasteiger partial charge in [-0.1, -0.05) is 17.3 Å². The third kappa shape index (κ3) is 3.74. The SMILES string of the molecule is C=[N+]1c2cc(-c3c(C)noc3C)c(OC)cc2-c2c(NC(CO)c3ccc(F)cc3)nc(C)nc21. The number of rotatable bonds is 6. The Hall–Kier alpha value is -4.11. The highest BCUT2D eigenvalue weighted by Crippen LogP contribution is 2.51. The summed E-state index contributed by atoms with van der Waals surface area (Å²) in [6.07, 6.45) is 0. The van der Waals surface area contributed by atoms with Crippen LogP contribution in [0.2, 0.25) is 0 Å². The second-order valence-electron chi connectivity index (χ2n) is 8.45. The number of aliphatic hydroxyl groups is 1. The monoisotopic (exact) mass is 474 g/mol. The molecule has 3 heterocycles. The molecule has 2 N–H and O–H groups in total. The van der Waals surface area contributed by atoms with E-state index in [1.54, 1.807) is 30.7 Å². The quantitative estimate of drug-likeness (QED) is 0.339. The Labute approximate surface area is 201 Å². The molecule has 1 atom stereocenters. The van der Waals surface area contributed by atoms with Crippen molar-refractivity contribution in [3.8, 4) is 28.0 Å². The van der Waals surface area contributed by atoms with Gasteiger partial charge < -0.3 is 19.7 Å². The number of methoxy groups -OCH3 is 1. The summed E-state index contributed by atoms with van der Waals surface area (Å²) >= 11 is 0. The Morgan fingerprint density at radius 3 is 2.49 bits per heavy atom. The molecule has 178 valence electrons. The van der Waals surface area contributed by atoms with E-state index in [9.17, 15) is 9.50 Å². The number of hydrogen-bond donors (Lipinski definition) is 2. The van der Waals surface area contributed by atoms with E-state index in [1.807, 2.05) is 26.0 Å². The lowest BCUT2D eigenvalue weighted by atomic mass is 9.98. The molecule has 0 radical (unpaired) electrons. The van der Waals surface area contributed by atoms with Gasteiger partial charge in [-0.3, -0.25) is 0 Å². The van der Waals surface area contributed by atoms with Crippen LogP contribution in [-0.4, -0.2) is 40.7 Å². The number of nitrogens with one attached hydrogen (secondary N) is 1. The summed E-state index contributed by atoms with van der Waals surface area (Å²) in [6.45, 7) is 9.57. The first kappa shape index (κ1) is 22.7. The highest BCUT2D eigenvalue weighted by Gasteiger charge is 2.37. The summed E-state index contributed by atoms with van der Waals surface area (Å²) in [5.74, 6) is 2.70. The van der Waals surface area contributed by atoms with Crippen LogP contribution in [0.4, 0.5) is 21.7 Å². The third-order valence-electron chi connectivity index (χ3n) is 6.20. The molecule has 9 heteroatoms. The smallest absolute Gasteiger partial charge is 0.341 e. The Morgan fingerprint density at radius 1 is 1.11 bits per heavy atom. The number of aromatic nitrogens is 3. The van der Waals surface area contributed by atoms with Crippen LogP contribution in [0.25, 0.3) is 22.3 Å². The number of hydrogen-bond acceptors (Lipinski definition) is 7. The van der Waals surface area contributed by atoms with Crippen molar-refractivity contribution in [3.05, 3.63) is 65.1 Å². The molecule has 5 rings (SSSR count). The van der Waals surface area contributed by atoms with Crippen molar-refractivity contribution in [1.29, 1.82) is 0 Å². The summed E-state index contributed by atoms with van der Waals surface area (Å²) in [6, 6.07) is 9.41. The summed E-state index contributed by atoms with van der Waals surface area (Å²) < 4.78 is 26.3. The number of anilines is 1. The number of halogens is 1. The molecule has 0 saturated carbocycles. The summed E-state index contributed by atoms with van der Waals surface area (Å²) in [5.41, 5.74) is 5.59. The third-order valence-corrected chi connectivity index (χ3v) is 6.20. The van der Waals surface area contributed by atoms with E-state index in [2.05, 4.69) is 27.2 Å². The zero-order valence-electron chi connectivity index (χ0n) is 19.9. The molecule has 1 aliphatic rings. The predicted octanol–water partition coefficient (Wildman–Crippen LogP) is 4.87. The van der Waals surface area contributed by atoms with E-state index >= 15 is 0 Å². The predicted molar refractivity (Wildman–Crippen MR) is 132 cm³/mol. The first-order chi connectivity index (χ1) is 16.8. The molecule has 2 aromatic heterocycles. The first-order valence-electron chi connectivity index (χ1n) is 11.1. The van der Waals surface area contributed by atoms with E-state index in [4.69, 9.17) is 9.26 Å². The number of benzene rings is 2. The molecule has 0 spiro atoms. The summed E-state index contributed by atoms with van der Waals surface area (Å²) in [7, 11) is 1.61. The molecule has 4 aromatic rings. The van der Waals surface area contributed by atoms with Gasteiger partial charge in [-0.25, -0.2) is 8.97 Å². The zero-order valence-corrected chi connectivity index (χ0v) is 19.9. The van der Waals surface area contributed by atoms with Crippen molar-refractivity contribution >= 4 is 24.0 Å². The number of nitrogens with zero attached hydrogens (tertiary/aromatic N) is 4. The number of ether oxygens (including phenoxy) is 1. The number of aryl methyl sites for hydroxylation is 3. The van der Waals surface area contributed by atoms with Gasteiger partial charge in [0.25, 0.3) is 0 Å². The van der Waals surface area contributed by atoms with Crippen molar-refractivity contribution in [1.82, 2.24) is 19.7 Å². The second-order valence-corrected chi connectivity index (χ2v) is 8.45. The van der Waals surface area contributed by atoms with Crippen molar-refractivity contribution in [2.75, 3.05) is 19.0 Å². The van der Waals surface area contributed by atoms with Crippen LogP contribution in [0, 0.1) is 26.6 Å². The standard InChI is InChI=1S/C26H25FN5O3/c1-13-23(14(2)35-31-13)19-10-21-18(11-22(19)34-5)24-25(28-15(3)29-26(24)32(21)4)30-20(12-33)16-6-8-17(27)9-7-16/h6-11,20,33H,4,12H2,1-3,5H3,(H,28,29,30)/q+1. The van der Waals surface area contributed by atoms with E-state index in [0.717, 1.165) is 39.2 Å². The van der Waals surface area contributed by atoms with Crippen LogP contribution >= 0.6 is 0 Å². The van der Waals surface area contributed by atoms with Gasteiger partial charge >= 0.3 is 5.82 Å². The Balaban J connectivity index is 1.66. The van der Waals surface area contributed by atoms with Crippen molar-refractivity contribution < 1.29 is 18.8 Å². The first-order valence-corrected chi connectivity index (χ1v) is 11.1. The van der Waals surface area contributed by atoms with Gasteiger partial charge in [0.1, 0.15) is 34.4 Å². The molecule has 35 heavy (non-hydrogen) atoms. The van der Waals surface area contributed by atoms with E-state index in [1.165, 1.54) is 12.1 Å². The lowest BCUT2D eigenvalue weighted by molar-refractivity contribution is 0.276. The van der Waals surface area contributed by atoms with Crippen LogP contribution in [0.1, 0.15) is 28.9 Å².